The van der Waals surface area contributed by atoms with Gasteiger partial charge in [0.15, 0.2) is 11.4 Å². The van der Waals surface area contributed by atoms with Crippen LogP contribution in [0.5, 0.6) is 0 Å². The second-order valence-corrected chi connectivity index (χ2v) is 7.47. The monoisotopic (exact) mass is 456 g/mol. The SMILES string of the molecule is O=C(NCc1ccccc1)C1=NO[C@]2(C=C(Br)C(=O)[C@H](Br)[C@@H]2O)C1. The molecule has 3 atom stereocenters. The summed E-state index contributed by atoms with van der Waals surface area (Å²) in [6.45, 7) is 0.368. The van der Waals surface area contributed by atoms with Gasteiger partial charge in [0, 0.05) is 13.0 Å². The van der Waals surface area contributed by atoms with Crippen LogP contribution in [0.3, 0.4) is 0 Å². The van der Waals surface area contributed by atoms with Gasteiger partial charge in [-0.15, -0.1) is 0 Å². The molecule has 126 valence electrons. The maximum absolute atomic E-state index is 12.3. The molecule has 1 aromatic rings. The second-order valence-electron chi connectivity index (χ2n) is 5.63. The summed E-state index contributed by atoms with van der Waals surface area (Å²) in [5.74, 6) is -0.644. The number of nitrogens with zero attached hydrogens (tertiary/aromatic N) is 1. The number of carbonyl (C=O) groups is 2. The number of aliphatic hydroxyl groups excluding tert-OH is 1. The van der Waals surface area contributed by atoms with Crippen molar-refractivity contribution in [2.75, 3.05) is 0 Å². The van der Waals surface area contributed by atoms with Gasteiger partial charge in [0.2, 0.25) is 0 Å². The van der Waals surface area contributed by atoms with Crippen LogP contribution in [0.15, 0.2) is 46.0 Å². The fraction of sp³-hybridized carbons (Fsp3) is 0.312. The molecule has 1 aliphatic heterocycles. The van der Waals surface area contributed by atoms with Gasteiger partial charge >= 0.3 is 0 Å². The largest absolute Gasteiger partial charge is 0.387 e. The second kappa shape index (κ2) is 6.78. The molecule has 1 aromatic carbocycles. The minimum atomic E-state index is -1.22. The molecule has 3 rings (SSSR count). The van der Waals surface area contributed by atoms with E-state index in [0.29, 0.717) is 6.54 Å². The number of hydrogen-bond acceptors (Lipinski definition) is 5. The number of carbonyl (C=O) groups excluding carboxylic acids is 2. The molecule has 2 N–H and O–H groups in total. The topological polar surface area (TPSA) is 88.0 Å². The summed E-state index contributed by atoms with van der Waals surface area (Å²) in [5, 5.41) is 16.9. The summed E-state index contributed by atoms with van der Waals surface area (Å²) in [5.41, 5.74) is -0.0810. The molecule has 1 aliphatic carbocycles. The molecule has 24 heavy (non-hydrogen) atoms. The average Bonchev–Trinajstić information content (AvgIpc) is 3.02. The molecule has 0 bridgehead atoms. The molecule has 1 heterocycles. The van der Waals surface area contributed by atoms with Gasteiger partial charge in [0.25, 0.3) is 5.91 Å². The first-order valence-corrected chi connectivity index (χ1v) is 8.96. The van der Waals surface area contributed by atoms with E-state index in [1.807, 2.05) is 30.3 Å². The minimum absolute atomic E-state index is 0.0826. The zero-order valence-corrected chi connectivity index (χ0v) is 15.6. The Kier molecular flexibility index (Phi) is 4.89. The highest BCUT2D eigenvalue weighted by molar-refractivity contribution is 9.12. The quantitative estimate of drug-likeness (QED) is 0.677. The molecule has 0 radical (unpaired) electrons. The number of amides is 1. The van der Waals surface area contributed by atoms with Gasteiger partial charge in [-0.05, 0) is 27.6 Å². The zero-order chi connectivity index (χ0) is 17.3. The molecular weight excluding hydrogens is 444 g/mol. The summed E-state index contributed by atoms with van der Waals surface area (Å²) in [7, 11) is 0. The number of aliphatic hydroxyl groups is 1. The zero-order valence-electron chi connectivity index (χ0n) is 12.4. The van der Waals surface area contributed by atoms with E-state index in [1.54, 1.807) is 0 Å². The number of alkyl halides is 1. The maximum Gasteiger partial charge on any atom is 0.269 e. The number of ketones is 1. The molecule has 2 aliphatic rings. The Balaban J connectivity index is 1.68. The Morgan fingerprint density at radius 1 is 1.42 bits per heavy atom. The van der Waals surface area contributed by atoms with Crippen molar-refractivity contribution in [1.29, 1.82) is 0 Å². The maximum atomic E-state index is 12.3. The smallest absolute Gasteiger partial charge is 0.269 e. The van der Waals surface area contributed by atoms with Crippen molar-refractivity contribution >= 4 is 49.3 Å². The highest BCUT2D eigenvalue weighted by Crippen LogP contribution is 2.39. The Bertz CT molecular complexity index is 735. The van der Waals surface area contributed by atoms with Crippen LogP contribution in [0.4, 0.5) is 0 Å². The van der Waals surface area contributed by atoms with E-state index in [4.69, 9.17) is 4.84 Å². The summed E-state index contributed by atoms with van der Waals surface area (Å²) in [4.78, 5) is 28.7. The van der Waals surface area contributed by atoms with Gasteiger partial charge in [0.1, 0.15) is 16.6 Å². The lowest BCUT2D eigenvalue weighted by atomic mass is 9.83. The van der Waals surface area contributed by atoms with Gasteiger partial charge in [-0.3, -0.25) is 9.59 Å². The third-order valence-corrected chi connectivity index (χ3v) is 5.50. The van der Waals surface area contributed by atoms with E-state index < -0.39 is 16.5 Å². The van der Waals surface area contributed by atoms with Crippen LogP contribution in [0.1, 0.15) is 12.0 Å². The summed E-state index contributed by atoms with van der Waals surface area (Å²) < 4.78 is 0.288. The summed E-state index contributed by atoms with van der Waals surface area (Å²) >= 11 is 6.32. The Morgan fingerprint density at radius 2 is 2.12 bits per heavy atom. The highest BCUT2D eigenvalue weighted by atomic mass is 79.9. The first-order valence-electron chi connectivity index (χ1n) is 7.25. The molecule has 0 saturated carbocycles. The fourth-order valence-corrected chi connectivity index (χ4v) is 4.23. The van der Waals surface area contributed by atoms with E-state index in [1.165, 1.54) is 6.08 Å². The minimum Gasteiger partial charge on any atom is -0.387 e. The van der Waals surface area contributed by atoms with E-state index in [-0.39, 0.29) is 28.3 Å². The number of oxime groups is 1. The molecule has 0 saturated heterocycles. The number of Topliss-reactive ketones (excluding diaryl/α,β-unsaturated/α-hetero) is 1. The number of rotatable bonds is 3. The number of benzene rings is 1. The van der Waals surface area contributed by atoms with Crippen molar-refractivity contribution in [3.63, 3.8) is 0 Å². The van der Waals surface area contributed by atoms with Crippen molar-refractivity contribution in [2.24, 2.45) is 5.16 Å². The molecule has 1 amide bonds. The van der Waals surface area contributed by atoms with Crippen LogP contribution in [-0.4, -0.2) is 39.0 Å². The number of nitrogens with one attached hydrogen (secondary N) is 1. The normalized spacial score (nSPS) is 29.0. The average molecular weight is 458 g/mol. The predicted molar refractivity (Wildman–Crippen MR) is 94.9 cm³/mol. The molecule has 8 heteroatoms. The van der Waals surface area contributed by atoms with E-state index in [9.17, 15) is 14.7 Å². The van der Waals surface area contributed by atoms with Crippen molar-refractivity contribution in [2.45, 2.75) is 29.5 Å². The standard InChI is InChI=1S/C16H14Br2N2O4/c17-10-6-16(14(22)12(18)13(10)21)7-11(20-24-16)15(23)19-8-9-4-2-1-3-5-9/h1-6,12,14,22H,7-8H2,(H,19,23)/t12-,14-,16+/m0/s1. The first kappa shape index (κ1) is 17.3. The molecule has 0 aromatic heterocycles. The third kappa shape index (κ3) is 3.18. The van der Waals surface area contributed by atoms with E-state index in [2.05, 4.69) is 42.3 Å². The molecule has 0 unspecified atom stereocenters. The van der Waals surface area contributed by atoms with Gasteiger partial charge in [-0.25, -0.2) is 0 Å². The van der Waals surface area contributed by atoms with Crippen LogP contribution in [0.2, 0.25) is 0 Å². The number of halogens is 2. The lowest BCUT2D eigenvalue weighted by molar-refractivity contribution is -0.124. The number of allylic oxidation sites excluding steroid dienone is 1. The predicted octanol–water partition coefficient (Wildman–Crippen LogP) is 1.80. The van der Waals surface area contributed by atoms with Crippen molar-refractivity contribution in [3.05, 3.63) is 46.5 Å². The summed E-state index contributed by atoms with van der Waals surface area (Å²) in [6.07, 6.45) is 0.410. The Labute approximate surface area is 155 Å². The first-order chi connectivity index (χ1) is 11.4. The van der Waals surface area contributed by atoms with Gasteiger partial charge < -0.3 is 15.3 Å². The van der Waals surface area contributed by atoms with Crippen LogP contribution < -0.4 is 5.32 Å². The van der Waals surface area contributed by atoms with Gasteiger partial charge in [-0.2, -0.15) is 0 Å². The van der Waals surface area contributed by atoms with Crippen LogP contribution in [0, 0.1) is 0 Å². The molecular formula is C16H14Br2N2O4. The molecule has 1 spiro atoms. The number of hydrogen-bond donors (Lipinski definition) is 2. The lowest BCUT2D eigenvalue weighted by Crippen LogP contribution is -2.52. The fourth-order valence-electron chi connectivity index (χ4n) is 2.60. The van der Waals surface area contributed by atoms with Crippen LogP contribution in [-0.2, 0) is 21.0 Å². The van der Waals surface area contributed by atoms with E-state index in [0.717, 1.165) is 5.56 Å². The third-order valence-electron chi connectivity index (χ3n) is 3.96. The van der Waals surface area contributed by atoms with Gasteiger partial charge in [0.05, 0.1) is 4.48 Å². The van der Waals surface area contributed by atoms with E-state index >= 15 is 0 Å². The summed E-state index contributed by atoms with van der Waals surface area (Å²) in [6, 6.07) is 9.48. The van der Waals surface area contributed by atoms with Crippen molar-refractivity contribution in [1.82, 2.24) is 5.32 Å². The van der Waals surface area contributed by atoms with Crippen LogP contribution in [0.25, 0.3) is 0 Å². The molecule has 6 nitrogen and oxygen atoms in total. The van der Waals surface area contributed by atoms with Crippen LogP contribution >= 0.6 is 31.9 Å². The molecule has 0 fully saturated rings. The highest BCUT2D eigenvalue weighted by Gasteiger charge is 2.53. The van der Waals surface area contributed by atoms with Crippen molar-refractivity contribution in [3.8, 4) is 0 Å². The van der Waals surface area contributed by atoms with Gasteiger partial charge in [-0.1, -0.05) is 51.4 Å². The Morgan fingerprint density at radius 3 is 2.83 bits per heavy atom. The Hall–Kier alpha value is -1.51. The van der Waals surface area contributed by atoms with Crippen molar-refractivity contribution < 1.29 is 19.5 Å². The lowest BCUT2D eigenvalue weighted by Gasteiger charge is -2.34.